The number of aliphatic hydroxyl groups is 1. The number of rotatable bonds is 9. The molecule has 8 heteroatoms. The Labute approximate surface area is 192 Å². The standard InChI is InChI=1S/C24H28N6OS/c1-3-16(13-21(25-2)27-15-20(31)17-7-5-4-6-8-17)23-29-19-10-12-32-22(19)24(30-23)28-18-9-11-26-14-18/h3-8,10,12-13,18,20,26-27,31H,2,9,11,14-15H2,1H3,(H,28,29,30)/b16-3+,21-13+/t18-,20+/m1/s1. The summed E-state index contributed by atoms with van der Waals surface area (Å²) >= 11 is 1.64. The van der Waals surface area contributed by atoms with Crippen LogP contribution in [0.5, 0.6) is 0 Å². The van der Waals surface area contributed by atoms with Gasteiger partial charge in [-0.25, -0.2) is 15.0 Å². The van der Waals surface area contributed by atoms with Gasteiger partial charge in [0.25, 0.3) is 0 Å². The minimum absolute atomic E-state index is 0.317. The smallest absolute Gasteiger partial charge is 0.162 e. The summed E-state index contributed by atoms with van der Waals surface area (Å²) in [7, 11) is 0. The molecule has 3 heterocycles. The fourth-order valence-corrected chi connectivity index (χ4v) is 4.42. The molecule has 0 aliphatic carbocycles. The SMILES string of the molecule is C=N/C(=C\C(=C/C)c1nc(N[C@@H]2CCNC2)c2sccc2n1)NC[C@H](O)c1ccccc1. The van der Waals surface area contributed by atoms with Crippen LogP contribution >= 0.6 is 11.3 Å². The van der Waals surface area contributed by atoms with Gasteiger partial charge in [-0.15, -0.1) is 11.3 Å². The van der Waals surface area contributed by atoms with Crippen molar-refractivity contribution in [3.8, 4) is 0 Å². The number of aliphatic hydroxyl groups excluding tert-OH is 1. The van der Waals surface area contributed by atoms with Crippen molar-refractivity contribution in [2.45, 2.75) is 25.5 Å². The molecular formula is C24H28N6OS. The summed E-state index contributed by atoms with van der Waals surface area (Å²) in [5.41, 5.74) is 2.59. The Bertz CT molecular complexity index is 1120. The molecule has 1 saturated heterocycles. The highest BCUT2D eigenvalue weighted by atomic mass is 32.1. The maximum atomic E-state index is 10.4. The summed E-state index contributed by atoms with van der Waals surface area (Å²) in [6.45, 7) is 7.88. The van der Waals surface area contributed by atoms with Crippen molar-refractivity contribution in [1.29, 1.82) is 0 Å². The van der Waals surface area contributed by atoms with Gasteiger partial charge in [-0.3, -0.25) is 0 Å². The second kappa shape index (κ2) is 10.5. The average Bonchev–Trinajstić information content (AvgIpc) is 3.52. The zero-order chi connectivity index (χ0) is 22.3. The Hall–Kier alpha value is -3.07. The fourth-order valence-electron chi connectivity index (χ4n) is 3.63. The lowest BCUT2D eigenvalue weighted by Crippen LogP contribution is -2.23. The van der Waals surface area contributed by atoms with E-state index in [-0.39, 0.29) is 0 Å². The average molecular weight is 449 g/mol. The van der Waals surface area contributed by atoms with Gasteiger partial charge in [-0.2, -0.15) is 0 Å². The lowest BCUT2D eigenvalue weighted by atomic mass is 10.1. The van der Waals surface area contributed by atoms with Crippen LogP contribution in [-0.2, 0) is 0 Å². The van der Waals surface area contributed by atoms with Crippen molar-refractivity contribution in [3.63, 3.8) is 0 Å². The van der Waals surface area contributed by atoms with Crippen LogP contribution in [0.2, 0.25) is 0 Å². The number of nitrogens with one attached hydrogen (secondary N) is 3. The van der Waals surface area contributed by atoms with Gasteiger partial charge in [0.2, 0.25) is 0 Å². The van der Waals surface area contributed by atoms with Gasteiger partial charge < -0.3 is 21.1 Å². The van der Waals surface area contributed by atoms with E-state index < -0.39 is 6.10 Å². The van der Waals surface area contributed by atoms with Crippen LogP contribution in [0.3, 0.4) is 0 Å². The summed E-state index contributed by atoms with van der Waals surface area (Å²) in [5.74, 6) is 2.04. The van der Waals surface area contributed by atoms with Gasteiger partial charge in [0.1, 0.15) is 11.6 Å². The summed E-state index contributed by atoms with van der Waals surface area (Å²) in [4.78, 5) is 13.7. The molecule has 4 rings (SSSR count). The third kappa shape index (κ3) is 5.21. The molecular weight excluding hydrogens is 420 g/mol. The first-order valence-electron chi connectivity index (χ1n) is 10.7. The highest BCUT2D eigenvalue weighted by Crippen LogP contribution is 2.29. The van der Waals surface area contributed by atoms with Crippen LogP contribution in [0.1, 0.15) is 30.8 Å². The van der Waals surface area contributed by atoms with E-state index in [4.69, 9.17) is 9.97 Å². The van der Waals surface area contributed by atoms with E-state index in [0.717, 1.165) is 46.7 Å². The Kier molecular flexibility index (Phi) is 7.26. The first-order valence-corrected chi connectivity index (χ1v) is 11.6. The number of hydrogen-bond donors (Lipinski definition) is 4. The normalized spacial score (nSPS) is 18.0. The molecule has 4 N–H and O–H groups in total. The van der Waals surface area contributed by atoms with Gasteiger partial charge >= 0.3 is 0 Å². The van der Waals surface area contributed by atoms with E-state index in [0.29, 0.717) is 24.2 Å². The third-order valence-electron chi connectivity index (χ3n) is 5.40. The maximum Gasteiger partial charge on any atom is 0.162 e. The molecule has 7 nitrogen and oxygen atoms in total. The number of allylic oxidation sites excluding steroid dienone is 3. The van der Waals surface area contributed by atoms with Crippen LogP contribution in [-0.4, -0.2) is 47.5 Å². The van der Waals surface area contributed by atoms with Crippen molar-refractivity contribution >= 4 is 39.7 Å². The van der Waals surface area contributed by atoms with Crippen molar-refractivity contribution in [3.05, 3.63) is 71.1 Å². The Morgan fingerprint density at radius 2 is 2.19 bits per heavy atom. The summed E-state index contributed by atoms with van der Waals surface area (Å²) in [5, 5.41) is 22.6. The van der Waals surface area contributed by atoms with Gasteiger partial charge in [0, 0.05) is 24.7 Å². The Morgan fingerprint density at radius 3 is 2.91 bits per heavy atom. The highest BCUT2D eigenvalue weighted by Gasteiger charge is 2.18. The molecule has 0 bridgehead atoms. The molecule has 0 radical (unpaired) electrons. The first kappa shape index (κ1) is 22.1. The second-order valence-corrected chi connectivity index (χ2v) is 8.52. The quantitative estimate of drug-likeness (QED) is 0.294. The maximum absolute atomic E-state index is 10.4. The molecule has 1 aliphatic heterocycles. The van der Waals surface area contributed by atoms with Crippen molar-refractivity contribution < 1.29 is 5.11 Å². The molecule has 0 unspecified atom stereocenters. The van der Waals surface area contributed by atoms with Gasteiger partial charge in [0.05, 0.1) is 16.3 Å². The van der Waals surface area contributed by atoms with Gasteiger partial charge in [0.15, 0.2) is 5.82 Å². The van der Waals surface area contributed by atoms with E-state index >= 15 is 0 Å². The summed E-state index contributed by atoms with van der Waals surface area (Å²) in [6.07, 6.45) is 4.24. The molecule has 1 aromatic carbocycles. The molecule has 0 spiro atoms. The minimum Gasteiger partial charge on any atom is -0.387 e. The molecule has 32 heavy (non-hydrogen) atoms. The molecule has 1 aliphatic rings. The van der Waals surface area contributed by atoms with Crippen LogP contribution in [0.4, 0.5) is 5.82 Å². The van der Waals surface area contributed by atoms with E-state index in [9.17, 15) is 5.11 Å². The molecule has 2 aromatic heterocycles. The predicted molar refractivity (Wildman–Crippen MR) is 133 cm³/mol. The van der Waals surface area contributed by atoms with Crippen LogP contribution < -0.4 is 16.0 Å². The molecule has 3 aromatic rings. The number of aliphatic imine (C=N–C) groups is 1. The molecule has 1 fully saturated rings. The number of hydrogen-bond acceptors (Lipinski definition) is 8. The molecule has 166 valence electrons. The largest absolute Gasteiger partial charge is 0.387 e. The van der Waals surface area contributed by atoms with Gasteiger partial charge in [-0.05, 0) is 49.7 Å². The van der Waals surface area contributed by atoms with Crippen molar-refractivity contribution in [2.24, 2.45) is 4.99 Å². The lowest BCUT2D eigenvalue weighted by Gasteiger charge is -2.15. The number of benzene rings is 1. The Morgan fingerprint density at radius 1 is 1.34 bits per heavy atom. The topological polar surface area (TPSA) is 94.5 Å². The highest BCUT2D eigenvalue weighted by molar-refractivity contribution is 7.17. The van der Waals surface area contributed by atoms with Crippen LogP contribution in [0, 0.1) is 0 Å². The van der Waals surface area contributed by atoms with E-state index in [2.05, 4.69) is 27.7 Å². The zero-order valence-corrected chi connectivity index (χ0v) is 18.9. The number of fused-ring (bicyclic) bond motifs is 1. The van der Waals surface area contributed by atoms with Crippen LogP contribution in [0.15, 0.2) is 64.7 Å². The fraction of sp³-hybridized carbons (Fsp3) is 0.292. The summed E-state index contributed by atoms with van der Waals surface area (Å²) in [6, 6.07) is 11.9. The first-order chi connectivity index (χ1) is 15.7. The number of thiophene rings is 1. The van der Waals surface area contributed by atoms with Gasteiger partial charge in [-0.1, -0.05) is 36.4 Å². The monoisotopic (exact) mass is 448 g/mol. The van der Waals surface area contributed by atoms with E-state index in [1.54, 1.807) is 11.3 Å². The molecule has 2 atom stereocenters. The van der Waals surface area contributed by atoms with Crippen molar-refractivity contribution in [1.82, 2.24) is 20.6 Å². The molecule has 0 saturated carbocycles. The number of nitrogens with zero attached hydrogens (tertiary/aromatic N) is 3. The van der Waals surface area contributed by atoms with Crippen LogP contribution in [0.25, 0.3) is 15.8 Å². The zero-order valence-electron chi connectivity index (χ0n) is 18.1. The van der Waals surface area contributed by atoms with Crippen molar-refractivity contribution in [2.75, 3.05) is 25.0 Å². The Balaban J connectivity index is 1.55. The minimum atomic E-state index is -0.648. The lowest BCUT2D eigenvalue weighted by molar-refractivity contribution is 0.178. The summed E-state index contributed by atoms with van der Waals surface area (Å²) < 4.78 is 1.06. The number of aromatic nitrogens is 2. The predicted octanol–water partition coefficient (Wildman–Crippen LogP) is 3.73. The van der Waals surface area contributed by atoms with E-state index in [1.807, 2.05) is 60.9 Å². The van der Waals surface area contributed by atoms with E-state index in [1.165, 1.54) is 0 Å². The number of anilines is 1. The second-order valence-electron chi connectivity index (χ2n) is 7.60. The third-order valence-corrected chi connectivity index (χ3v) is 6.31. The molecule has 0 amide bonds.